The van der Waals surface area contributed by atoms with Crippen molar-refractivity contribution in [3.8, 4) is 0 Å². The third-order valence-electron chi connectivity index (χ3n) is 2.17. The minimum absolute atomic E-state index is 0.0442. The average molecular weight is 290 g/mol. The predicted molar refractivity (Wildman–Crippen MR) is 64.0 cm³/mol. The highest BCUT2D eigenvalue weighted by Gasteiger charge is 2.19. The highest BCUT2D eigenvalue weighted by Crippen LogP contribution is 2.18. The third-order valence-corrected chi connectivity index (χ3v) is 3.84. The molecule has 1 heterocycles. The summed E-state index contributed by atoms with van der Waals surface area (Å²) in [6.07, 6.45) is 3.05. The van der Waals surface area contributed by atoms with Crippen LogP contribution in [0.1, 0.15) is 5.82 Å². The Kier molecular flexibility index (Phi) is 3.65. The van der Waals surface area contributed by atoms with Crippen LogP contribution in [0.3, 0.4) is 0 Å². The van der Waals surface area contributed by atoms with Gasteiger partial charge in [-0.3, -0.25) is 0 Å². The van der Waals surface area contributed by atoms with E-state index in [-0.39, 0.29) is 11.6 Å². The highest BCUT2D eigenvalue weighted by molar-refractivity contribution is 7.89. The van der Waals surface area contributed by atoms with Crippen LogP contribution in [0.2, 0.25) is 5.02 Å². The van der Waals surface area contributed by atoms with Gasteiger partial charge in [-0.15, -0.1) is 0 Å². The molecule has 5 nitrogen and oxygen atoms in total. The van der Waals surface area contributed by atoms with Crippen molar-refractivity contribution < 1.29 is 12.8 Å². The van der Waals surface area contributed by atoms with Gasteiger partial charge in [0.2, 0.25) is 10.0 Å². The van der Waals surface area contributed by atoms with Crippen LogP contribution in [0.15, 0.2) is 35.5 Å². The van der Waals surface area contributed by atoms with Gasteiger partial charge in [0, 0.05) is 17.4 Å². The van der Waals surface area contributed by atoms with Crippen molar-refractivity contribution in [3.63, 3.8) is 0 Å². The number of aromatic nitrogens is 2. The van der Waals surface area contributed by atoms with Gasteiger partial charge in [-0.1, -0.05) is 11.6 Å². The summed E-state index contributed by atoms with van der Waals surface area (Å²) < 4.78 is 39.4. The minimum Gasteiger partial charge on any atom is -0.347 e. The molecule has 0 saturated heterocycles. The lowest BCUT2D eigenvalue weighted by Gasteiger charge is -2.06. The molecule has 8 heteroatoms. The number of hydrogen-bond acceptors (Lipinski definition) is 3. The first-order valence-electron chi connectivity index (χ1n) is 4.92. The number of nitrogens with zero attached hydrogens (tertiary/aromatic N) is 1. The topological polar surface area (TPSA) is 74.8 Å². The fourth-order valence-corrected chi connectivity index (χ4v) is 2.53. The van der Waals surface area contributed by atoms with E-state index in [0.29, 0.717) is 5.82 Å². The summed E-state index contributed by atoms with van der Waals surface area (Å²) in [5, 5.41) is 0.137. The summed E-state index contributed by atoms with van der Waals surface area (Å²) in [7, 11) is -3.93. The number of H-pyrrole nitrogens is 1. The summed E-state index contributed by atoms with van der Waals surface area (Å²) in [6.45, 7) is -0.0442. The molecule has 2 N–H and O–H groups in total. The number of sulfonamides is 1. The lowest BCUT2D eigenvalue weighted by molar-refractivity contribution is 0.555. The van der Waals surface area contributed by atoms with Gasteiger partial charge in [0.25, 0.3) is 0 Å². The van der Waals surface area contributed by atoms with Crippen molar-refractivity contribution in [3.05, 3.63) is 47.3 Å². The van der Waals surface area contributed by atoms with Crippen LogP contribution in [0.5, 0.6) is 0 Å². The molecule has 18 heavy (non-hydrogen) atoms. The molecule has 2 rings (SSSR count). The van der Waals surface area contributed by atoms with E-state index in [9.17, 15) is 12.8 Å². The van der Waals surface area contributed by atoms with Gasteiger partial charge in [0.05, 0.1) is 6.54 Å². The normalized spacial score (nSPS) is 11.7. The number of rotatable bonds is 4. The van der Waals surface area contributed by atoms with E-state index in [2.05, 4.69) is 14.7 Å². The predicted octanol–water partition coefficient (Wildman–Crippen LogP) is 1.68. The molecule has 0 fully saturated rings. The van der Waals surface area contributed by atoms with E-state index in [0.717, 1.165) is 12.1 Å². The number of benzene rings is 1. The Morgan fingerprint density at radius 2 is 2.22 bits per heavy atom. The van der Waals surface area contributed by atoms with Crippen molar-refractivity contribution >= 4 is 21.6 Å². The Labute approximate surface area is 108 Å². The summed E-state index contributed by atoms with van der Waals surface area (Å²) in [5.74, 6) is -0.456. The molecule has 0 saturated carbocycles. The second-order valence-corrected chi connectivity index (χ2v) is 5.61. The highest BCUT2D eigenvalue weighted by atomic mass is 35.5. The fraction of sp³-hybridized carbons (Fsp3) is 0.100. The molecule has 0 aliphatic rings. The van der Waals surface area contributed by atoms with Gasteiger partial charge in [-0.05, 0) is 18.2 Å². The molecular formula is C10H9ClFN3O2S. The Hall–Kier alpha value is -1.44. The molecule has 0 radical (unpaired) electrons. The van der Waals surface area contributed by atoms with Crippen LogP contribution in [0, 0.1) is 5.82 Å². The van der Waals surface area contributed by atoms with Crippen LogP contribution < -0.4 is 4.72 Å². The first-order chi connectivity index (χ1) is 8.49. The standard InChI is InChI=1S/C10H9ClFN3O2S/c11-7-1-2-9(8(12)5-7)18(16,17)15-6-10-13-3-4-14-10/h1-5,15H,6H2,(H,13,14). The van der Waals surface area contributed by atoms with Gasteiger partial charge in [-0.25, -0.2) is 22.5 Å². The molecule has 2 aromatic rings. The van der Waals surface area contributed by atoms with Crippen LogP contribution in [0.25, 0.3) is 0 Å². The zero-order chi connectivity index (χ0) is 13.2. The largest absolute Gasteiger partial charge is 0.347 e. The SMILES string of the molecule is O=S(=O)(NCc1ncc[nH]1)c1ccc(Cl)cc1F. The van der Waals surface area contributed by atoms with E-state index < -0.39 is 20.7 Å². The maximum absolute atomic E-state index is 13.5. The molecule has 1 aromatic heterocycles. The molecule has 0 aliphatic heterocycles. The maximum Gasteiger partial charge on any atom is 0.243 e. The molecule has 96 valence electrons. The summed E-state index contributed by atoms with van der Waals surface area (Å²) in [5.41, 5.74) is 0. The van der Waals surface area contributed by atoms with Gasteiger partial charge in [0.1, 0.15) is 16.5 Å². The van der Waals surface area contributed by atoms with Crippen LogP contribution in [-0.4, -0.2) is 18.4 Å². The molecule has 0 aliphatic carbocycles. The lowest BCUT2D eigenvalue weighted by atomic mass is 10.3. The molecule has 0 atom stereocenters. The first kappa shape index (κ1) is 13.0. The number of hydrogen-bond donors (Lipinski definition) is 2. The minimum atomic E-state index is -3.93. The summed E-state index contributed by atoms with van der Waals surface area (Å²) in [6, 6.07) is 3.37. The third kappa shape index (κ3) is 2.87. The lowest BCUT2D eigenvalue weighted by Crippen LogP contribution is -2.24. The van der Waals surface area contributed by atoms with Crippen LogP contribution in [-0.2, 0) is 16.6 Å². The Balaban J connectivity index is 2.20. The number of halogens is 2. The zero-order valence-electron chi connectivity index (χ0n) is 9.02. The second kappa shape index (κ2) is 5.05. The number of imidazole rings is 1. The molecular weight excluding hydrogens is 281 g/mol. The Morgan fingerprint density at radius 1 is 1.44 bits per heavy atom. The molecule has 0 unspecified atom stereocenters. The van der Waals surface area contributed by atoms with E-state index in [1.165, 1.54) is 12.3 Å². The molecule has 1 aromatic carbocycles. The monoisotopic (exact) mass is 289 g/mol. The Morgan fingerprint density at radius 3 is 2.83 bits per heavy atom. The van der Waals surface area contributed by atoms with Gasteiger partial charge in [-0.2, -0.15) is 0 Å². The van der Waals surface area contributed by atoms with Crippen molar-refractivity contribution in [2.45, 2.75) is 11.4 Å². The maximum atomic E-state index is 13.5. The smallest absolute Gasteiger partial charge is 0.243 e. The van der Waals surface area contributed by atoms with E-state index >= 15 is 0 Å². The fourth-order valence-electron chi connectivity index (χ4n) is 1.33. The quantitative estimate of drug-likeness (QED) is 0.899. The van der Waals surface area contributed by atoms with Crippen LogP contribution >= 0.6 is 11.6 Å². The van der Waals surface area contributed by atoms with Gasteiger partial charge < -0.3 is 4.98 Å². The number of nitrogens with one attached hydrogen (secondary N) is 2. The van der Waals surface area contributed by atoms with Gasteiger partial charge in [0.15, 0.2) is 0 Å². The van der Waals surface area contributed by atoms with Crippen molar-refractivity contribution in [2.75, 3.05) is 0 Å². The van der Waals surface area contributed by atoms with Crippen molar-refractivity contribution in [1.82, 2.24) is 14.7 Å². The number of aromatic amines is 1. The zero-order valence-corrected chi connectivity index (χ0v) is 10.6. The van der Waals surface area contributed by atoms with E-state index in [1.54, 1.807) is 6.20 Å². The first-order valence-corrected chi connectivity index (χ1v) is 6.78. The Bertz CT molecular complexity index is 643. The van der Waals surface area contributed by atoms with Gasteiger partial charge >= 0.3 is 0 Å². The second-order valence-electron chi connectivity index (χ2n) is 3.44. The molecule has 0 bridgehead atoms. The molecule has 0 spiro atoms. The van der Waals surface area contributed by atoms with Crippen molar-refractivity contribution in [1.29, 1.82) is 0 Å². The summed E-state index contributed by atoms with van der Waals surface area (Å²) in [4.78, 5) is 6.14. The van der Waals surface area contributed by atoms with Crippen LogP contribution in [0.4, 0.5) is 4.39 Å². The molecule has 0 amide bonds. The summed E-state index contributed by atoms with van der Waals surface area (Å²) >= 11 is 5.56. The van der Waals surface area contributed by atoms with E-state index in [1.807, 2.05) is 0 Å². The average Bonchev–Trinajstić information content (AvgIpc) is 2.78. The van der Waals surface area contributed by atoms with Crippen molar-refractivity contribution in [2.24, 2.45) is 0 Å². The van der Waals surface area contributed by atoms with E-state index in [4.69, 9.17) is 11.6 Å².